The molecule has 0 aromatic heterocycles. The molecule has 1 heterocycles. The lowest BCUT2D eigenvalue weighted by atomic mass is 9.65. The van der Waals surface area contributed by atoms with Gasteiger partial charge in [-0.25, -0.2) is 0 Å². The molecule has 1 saturated carbocycles. The molecular formula is C8H12N2O6S. The molecular weight excluding hydrogens is 252 g/mol. The molecule has 1 aliphatic carbocycles. The topological polar surface area (TPSA) is 113 Å². The molecule has 0 bridgehead atoms. The summed E-state index contributed by atoms with van der Waals surface area (Å²) in [5.41, 5.74) is -0.821. The summed E-state index contributed by atoms with van der Waals surface area (Å²) in [6.45, 7) is 1.27. The summed E-state index contributed by atoms with van der Waals surface area (Å²) in [4.78, 5) is 22.5. The Kier molecular flexibility index (Phi) is 2.64. The van der Waals surface area contributed by atoms with Crippen LogP contribution in [0.3, 0.4) is 0 Å². The number of carbonyl (C=O) groups is 2. The van der Waals surface area contributed by atoms with Crippen LogP contribution in [0.1, 0.15) is 26.2 Å². The normalized spacial score (nSPS) is 26.4. The fourth-order valence-electron chi connectivity index (χ4n) is 2.25. The molecule has 1 aliphatic heterocycles. The number of amides is 2. The van der Waals surface area contributed by atoms with Crippen molar-refractivity contribution in [3.05, 3.63) is 0 Å². The Labute approximate surface area is 97.8 Å². The van der Waals surface area contributed by atoms with Gasteiger partial charge in [0.2, 0.25) is 5.91 Å². The fourth-order valence-corrected chi connectivity index (χ4v) is 2.66. The van der Waals surface area contributed by atoms with Crippen LogP contribution in [0.4, 0.5) is 0 Å². The van der Waals surface area contributed by atoms with Crippen LogP contribution in [0.2, 0.25) is 0 Å². The van der Waals surface area contributed by atoms with Gasteiger partial charge in [-0.15, -0.1) is 4.28 Å². The van der Waals surface area contributed by atoms with Crippen LogP contribution >= 0.6 is 0 Å². The van der Waals surface area contributed by atoms with Gasteiger partial charge in [-0.2, -0.15) is 13.5 Å². The summed E-state index contributed by atoms with van der Waals surface area (Å²) < 4.78 is 34.0. The standard InChI is InChI=1S/C8H12N2O6S/c1-5(11)9-6-7(12)10(16-17(13,14)15)8(6)3-2-4-8/h6H,2-4H2,1H3,(H,9,11)(H,13,14,15). The lowest BCUT2D eigenvalue weighted by molar-refractivity contribution is -0.243. The lowest BCUT2D eigenvalue weighted by Crippen LogP contribution is -2.81. The SMILES string of the molecule is CC(=O)NC1C(=O)N(OS(=O)(=O)O)C12CCC2. The molecule has 9 heteroatoms. The molecule has 2 N–H and O–H groups in total. The van der Waals surface area contributed by atoms with E-state index < -0.39 is 27.9 Å². The van der Waals surface area contributed by atoms with Gasteiger partial charge in [0.1, 0.15) is 11.6 Å². The minimum atomic E-state index is -4.72. The van der Waals surface area contributed by atoms with E-state index in [-0.39, 0.29) is 5.91 Å². The monoisotopic (exact) mass is 264 g/mol. The van der Waals surface area contributed by atoms with E-state index in [1.807, 2.05) is 0 Å². The Morgan fingerprint density at radius 3 is 2.53 bits per heavy atom. The molecule has 2 aliphatic rings. The van der Waals surface area contributed by atoms with Gasteiger partial charge in [-0.05, 0) is 19.3 Å². The minimum Gasteiger partial charge on any atom is -0.342 e. The number of carbonyl (C=O) groups excluding carboxylic acids is 2. The smallest absolute Gasteiger partial charge is 0.342 e. The van der Waals surface area contributed by atoms with E-state index >= 15 is 0 Å². The van der Waals surface area contributed by atoms with Gasteiger partial charge in [-0.1, -0.05) is 0 Å². The van der Waals surface area contributed by atoms with Gasteiger partial charge < -0.3 is 5.32 Å². The molecule has 17 heavy (non-hydrogen) atoms. The van der Waals surface area contributed by atoms with Crippen molar-refractivity contribution in [2.45, 2.75) is 37.8 Å². The zero-order valence-electron chi connectivity index (χ0n) is 9.04. The zero-order valence-corrected chi connectivity index (χ0v) is 9.86. The van der Waals surface area contributed by atoms with Gasteiger partial charge in [0, 0.05) is 6.92 Å². The number of hydroxylamine groups is 2. The molecule has 0 aromatic rings. The van der Waals surface area contributed by atoms with Crippen LogP contribution in [0.15, 0.2) is 0 Å². The largest absolute Gasteiger partial charge is 0.418 e. The average molecular weight is 264 g/mol. The Hall–Kier alpha value is -1.19. The van der Waals surface area contributed by atoms with E-state index in [4.69, 9.17) is 4.55 Å². The third kappa shape index (κ3) is 1.90. The van der Waals surface area contributed by atoms with Crippen LogP contribution in [0.5, 0.6) is 0 Å². The van der Waals surface area contributed by atoms with Gasteiger partial charge in [0.05, 0.1) is 0 Å². The van der Waals surface area contributed by atoms with Crippen molar-refractivity contribution in [1.29, 1.82) is 0 Å². The van der Waals surface area contributed by atoms with E-state index in [0.29, 0.717) is 17.9 Å². The lowest BCUT2D eigenvalue weighted by Gasteiger charge is -2.59. The quantitative estimate of drug-likeness (QED) is 0.499. The van der Waals surface area contributed by atoms with Gasteiger partial charge in [0.15, 0.2) is 0 Å². The summed E-state index contributed by atoms with van der Waals surface area (Å²) in [7, 11) is -4.72. The van der Waals surface area contributed by atoms with E-state index in [1.54, 1.807) is 0 Å². The van der Waals surface area contributed by atoms with Gasteiger partial charge >= 0.3 is 10.4 Å². The van der Waals surface area contributed by atoms with Crippen LogP contribution in [0.25, 0.3) is 0 Å². The van der Waals surface area contributed by atoms with Crippen molar-refractivity contribution >= 4 is 22.2 Å². The highest BCUT2D eigenvalue weighted by Crippen LogP contribution is 2.48. The maximum absolute atomic E-state index is 11.6. The number of hydrogen-bond acceptors (Lipinski definition) is 5. The first-order valence-electron chi connectivity index (χ1n) is 5.04. The molecule has 8 nitrogen and oxygen atoms in total. The number of β-lactam (4-membered cyclic amide) rings is 1. The maximum atomic E-state index is 11.6. The molecule has 0 radical (unpaired) electrons. The Bertz CT molecular complexity index is 468. The Morgan fingerprint density at radius 1 is 1.59 bits per heavy atom. The first-order chi connectivity index (χ1) is 7.76. The number of hydrogen-bond donors (Lipinski definition) is 2. The summed E-state index contributed by atoms with van der Waals surface area (Å²) in [6.07, 6.45) is 1.85. The van der Waals surface area contributed by atoms with Crippen LogP contribution < -0.4 is 5.32 Å². The highest BCUT2D eigenvalue weighted by Gasteiger charge is 2.66. The second-order valence-corrected chi connectivity index (χ2v) is 5.23. The third-order valence-electron chi connectivity index (χ3n) is 3.12. The van der Waals surface area contributed by atoms with Crippen molar-refractivity contribution in [1.82, 2.24) is 10.4 Å². The van der Waals surface area contributed by atoms with E-state index in [2.05, 4.69) is 9.60 Å². The maximum Gasteiger partial charge on any atom is 0.418 e. The van der Waals surface area contributed by atoms with Crippen molar-refractivity contribution in [2.75, 3.05) is 0 Å². The molecule has 1 spiro atoms. The van der Waals surface area contributed by atoms with Crippen molar-refractivity contribution in [3.63, 3.8) is 0 Å². The van der Waals surface area contributed by atoms with E-state index in [9.17, 15) is 18.0 Å². The molecule has 1 saturated heterocycles. The minimum absolute atomic E-state index is 0.374. The van der Waals surface area contributed by atoms with E-state index in [1.165, 1.54) is 6.92 Å². The third-order valence-corrected chi connectivity index (χ3v) is 3.46. The predicted molar refractivity (Wildman–Crippen MR) is 53.7 cm³/mol. The van der Waals surface area contributed by atoms with Crippen molar-refractivity contribution < 1.29 is 26.8 Å². The molecule has 2 amide bonds. The van der Waals surface area contributed by atoms with Crippen molar-refractivity contribution in [2.24, 2.45) is 0 Å². The Morgan fingerprint density at radius 2 is 2.18 bits per heavy atom. The molecule has 1 unspecified atom stereocenters. The highest BCUT2D eigenvalue weighted by atomic mass is 32.3. The van der Waals surface area contributed by atoms with Gasteiger partial charge in [-0.3, -0.25) is 14.1 Å². The first kappa shape index (κ1) is 12.3. The Balaban J connectivity index is 2.15. The molecule has 0 aromatic carbocycles. The number of rotatable bonds is 3. The summed E-state index contributed by atoms with van der Waals surface area (Å²) in [5.74, 6) is -1.04. The summed E-state index contributed by atoms with van der Waals surface area (Å²) >= 11 is 0. The summed E-state index contributed by atoms with van der Waals surface area (Å²) in [6, 6.07) is -0.768. The van der Waals surface area contributed by atoms with E-state index in [0.717, 1.165) is 6.42 Å². The van der Waals surface area contributed by atoms with Crippen LogP contribution in [0, 0.1) is 0 Å². The predicted octanol–water partition coefficient (Wildman–Crippen LogP) is -1.01. The molecule has 96 valence electrons. The summed E-state index contributed by atoms with van der Waals surface area (Å²) in [5, 5.41) is 3.10. The molecule has 2 fully saturated rings. The van der Waals surface area contributed by atoms with Crippen molar-refractivity contribution in [3.8, 4) is 0 Å². The first-order valence-corrected chi connectivity index (χ1v) is 6.41. The second-order valence-electron chi connectivity index (χ2n) is 4.23. The number of nitrogens with zero attached hydrogens (tertiary/aromatic N) is 1. The second kappa shape index (κ2) is 3.65. The van der Waals surface area contributed by atoms with Crippen LogP contribution in [-0.4, -0.2) is 41.4 Å². The average Bonchev–Trinajstić information content (AvgIpc) is 2.10. The molecule has 1 atom stereocenters. The highest BCUT2D eigenvalue weighted by molar-refractivity contribution is 7.80. The zero-order chi connectivity index (χ0) is 12.8. The number of nitrogens with one attached hydrogen (secondary N) is 1. The van der Waals surface area contributed by atoms with Crippen LogP contribution in [-0.2, 0) is 24.3 Å². The fraction of sp³-hybridized carbons (Fsp3) is 0.750. The molecule has 2 rings (SSSR count). The van der Waals surface area contributed by atoms with Gasteiger partial charge in [0.25, 0.3) is 5.91 Å².